The van der Waals surface area contributed by atoms with Crippen molar-refractivity contribution < 1.29 is 19.0 Å². The molecule has 0 fully saturated rings. The highest BCUT2D eigenvalue weighted by Gasteiger charge is 2.36. The molecular formula is C23H22N4O4S. The number of rotatable bonds is 6. The molecule has 0 spiro atoms. The number of para-hydroxylation sites is 1. The van der Waals surface area contributed by atoms with Crippen LogP contribution in [-0.2, 0) is 4.79 Å². The molecule has 0 saturated heterocycles. The molecule has 0 N–H and O–H groups in total. The lowest BCUT2D eigenvalue weighted by atomic mass is 10.1. The third-order valence-electron chi connectivity index (χ3n) is 4.88. The summed E-state index contributed by atoms with van der Waals surface area (Å²) in [6.07, 6.45) is 0.894. The van der Waals surface area contributed by atoms with Gasteiger partial charge in [-0.3, -0.25) is 9.69 Å². The van der Waals surface area contributed by atoms with Gasteiger partial charge in [0.1, 0.15) is 11.5 Å². The summed E-state index contributed by atoms with van der Waals surface area (Å²) >= 11 is 1.39. The topological polar surface area (TPSA) is 86.7 Å². The molecule has 2 heterocycles. The van der Waals surface area contributed by atoms with Gasteiger partial charge in [-0.1, -0.05) is 36.0 Å². The highest BCUT2D eigenvalue weighted by atomic mass is 32.2. The monoisotopic (exact) mass is 450 g/mol. The molecule has 1 aliphatic heterocycles. The van der Waals surface area contributed by atoms with Gasteiger partial charge in [-0.2, -0.15) is 4.98 Å². The van der Waals surface area contributed by atoms with Gasteiger partial charge in [-0.25, -0.2) is 0 Å². The molecule has 3 aromatic rings. The van der Waals surface area contributed by atoms with E-state index >= 15 is 0 Å². The molecule has 0 aliphatic carbocycles. The van der Waals surface area contributed by atoms with E-state index in [1.807, 2.05) is 24.3 Å². The Bertz CT molecular complexity index is 1170. The molecule has 9 heteroatoms. The second kappa shape index (κ2) is 9.27. The summed E-state index contributed by atoms with van der Waals surface area (Å²) in [6, 6.07) is 12.8. The van der Waals surface area contributed by atoms with E-state index in [2.05, 4.69) is 21.8 Å². The first-order valence-corrected chi connectivity index (χ1v) is 10.8. The summed E-state index contributed by atoms with van der Waals surface area (Å²) in [7, 11) is 3.14. The summed E-state index contributed by atoms with van der Waals surface area (Å²) < 4.78 is 17.4. The van der Waals surface area contributed by atoms with Gasteiger partial charge in [-0.05, 0) is 24.3 Å². The molecule has 164 valence electrons. The standard InChI is InChI=1S/C23H22N4O4S/c1-5-12-32-23-24-21-20(25-26-23)16-8-6-7-9-18(16)27(14(2)28)22(31-21)17-13-15(29-3)10-11-19(17)30-4/h5-11,13,22H,1,12H2,2-4H3/t22-/m0/s1. The van der Waals surface area contributed by atoms with Gasteiger partial charge in [0.05, 0.1) is 25.5 Å². The summed E-state index contributed by atoms with van der Waals surface area (Å²) in [6.45, 7) is 5.21. The van der Waals surface area contributed by atoms with Crippen LogP contribution in [0.2, 0.25) is 0 Å². The van der Waals surface area contributed by atoms with E-state index in [-0.39, 0.29) is 11.8 Å². The lowest BCUT2D eigenvalue weighted by Gasteiger charge is -2.30. The predicted molar refractivity (Wildman–Crippen MR) is 122 cm³/mol. The van der Waals surface area contributed by atoms with E-state index < -0.39 is 6.23 Å². The van der Waals surface area contributed by atoms with Gasteiger partial charge < -0.3 is 14.2 Å². The zero-order valence-corrected chi connectivity index (χ0v) is 18.8. The van der Waals surface area contributed by atoms with Crippen molar-refractivity contribution in [2.24, 2.45) is 0 Å². The maximum absolute atomic E-state index is 12.9. The third kappa shape index (κ3) is 3.99. The molecule has 32 heavy (non-hydrogen) atoms. The highest BCUT2D eigenvalue weighted by molar-refractivity contribution is 7.99. The first-order chi connectivity index (χ1) is 15.6. The van der Waals surface area contributed by atoms with Crippen molar-refractivity contribution in [1.29, 1.82) is 0 Å². The van der Waals surface area contributed by atoms with E-state index in [1.165, 1.54) is 18.7 Å². The van der Waals surface area contributed by atoms with E-state index in [1.54, 1.807) is 43.4 Å². The molecule has 4 rings (SSSR count). The summed E-state index contributed by atoms with van der Waals surface area (Å²) in [5.41, 5.74) is 2.40. The van der Waals surface area contributed by atoms with E-state index in [9.17, 15) is 4.79 Å². The molecule has 1 atom stereocenters. The molecule has 0 saturated carbocycles. The molecule has 1 aromatic heterocycles. The van der Waals surface area contributed by atoms with Gasteiger partial charge in [0.2, 0.25) is 23.2 Å². The van der Waals surface area contributed by atoms with Gasteiger partial charge in [0.15, 0.2) is 5.69 Å². The maximum Gasteiger partial charge on any atom is 0.247 e. The van der Waals surface area contributed by atoms with Crippen molar-refractivity contribution in [3.8, 4) is 28.6 Å². The molecule has 0 radical (unpaired) electrons. The number of amides is 1. The van der Waals surface area contributed by atoms with E-state index in [0.29, 0.717) is 44.9 Å². The van der Waals surface area contributed by atoms with E-state index in [4.69, 9.17) is 14.2 Å². The molecule has 0 unspecified atom stereocenters. The normalized spacial score (nSPS) is 14.5. The number of methoxy groups -OCH3 is 2. The highest BCUT2D eigenvalue weighted by Crippen LogP contribution is 2.45. The maximum atomic E-state index is 12.9. The zero-order chi connectivity index (χ0) is 22.7. The van der Waals surface area contributed by atoms with Crippen molar-refractivity contribution in [2.45, 2.75) is 18.3 Å². The van der Waals surface area contributed by atoms with Gasteiger partial charge in [0, 0.05) is 18.2 Å². The number of carbonyl (C=O) groups is 1. The van der Waals surface area contributed by atoms with Gasteiger partial charge in [0.25, 0.3) is 0 Å². The minimum atomic E-state index is -0.867. The average molecular weight is 451 g/mol. The molecule has 1 amide bonds. The van der Waals surface area contributed by atoms with Crippen molar-refractivity contribution >= 4 is 23.4 Å². The summed E-state index contributed by atoms with van der Waals surface area (Å²) in [5, 5.41) is 9.06. The number of anilines is 1. The lowest BCUT2D eigenvalue weighted by Crippen LogP contribution is -2.36. The largest absolute Gasteiger partial charge is 0.497 e. The Morgan fingerprint density at radius 3 is 2.75 bits per heavy atom. The Balaban J connectivity index is 1.95. The summed E-state index contributed by atoms with van der Waals surface area (Å²) in [5.74, 6) is 1.84. The molecule has 0 bridgehead atoms. The molecular weight excluding hydrogens is 428 g/mol. The van der Waals surface area contributed by atoms with Crippen molar-refractivity contribution in [3.05, 3.63) is 60.7 Å². The Morgan fingerprint density at radius 2 is 2.03 bits per heavy atom. The fourth-order valence-electron chi connectivity index (χ4n) is 3.48. The number of hydrogen-bond acceptors (Lipinski definition) is 8. The van der Waals surface area contributed by atoms with Crippen LogP contribution in [0.5, 0.6) is 17.4 Å². The third-order valence-corrected chi connectivity index (χ3v) is 5.72. The van der Waals surface area contributed by atoms with Crippen LogP contribution in [0.4, 0.5) is 5.69 Å². The SMILES string of the molecule is C=CCSc1nnc2c(n1)O[C@@H](c1cc(OC)ccc1OC)N(C(C)=O)c1ccccc1-2. The number of hydrogen-bond donors (Lipinski definition) is 0. The predicted octanol–water partition coefficient (Wildman–Crippen LogP) is 4.28. The Kier molecular flexibility index (Phi) is 6.27. The Morgan fingerprint density at radius 1 is 1.22 bits per heavy atom. The van der Waals surface area contributed by atoms with Crippen LogP contribution in [0, 0.1) is 0 Å². The number of thioether (sulfide) groups is 1. The first-order valence-electron chi connectivity index (χ1n) is 9.83. The Hall–Kier alpha value is -3.59. The molecule has 2 aromatic carbocycles. The number of nitrogens with zero attached hydrogens (tertiary/aromatic N) is 4. The van der Waals surface area contributed by atoms with Crippen LogP contribution in [0.3, 0.4) is 0 Å². The van der Waals surface area contributed by atoms with Crippen LogP contribution in [0.1, 0.15) is 18.7 Å². The Labute approximate surface area is 190 Å². The fourth-order valence-corrected chi connectivity index (χ4v) is 3.99. The van der Waals surface area contributed by atoms with Crippen LogP contribution in [0.15, 0.2) is 60.3 Å². The van der Waals surface area contributed by atoms with Crippen molar-refractivity contribution in [1.82, 2.24) is 15.2 Å². The molecule has 8 nitrogen and oxygen atoms in total. The number of benzene rings is 2. The zero-order valence-electron chi connectivity index (χ0n) is 17.9. The quantitative estimate of drug-likeness (QED) is 0.406. The first kappa shape index (κ1) is 21.6. The van der Waals surface area contributed by atoms with Crippen LogP contribution >= 0.6 is 11.8 Å². The van der Waals surface area contributed by atoms with Crippen LogP contribution in [-0.4, -0.2) is 41.1 Å². The fraction of sp³-hybridized carbons (Fsp3) is 0.217. The minimum Gasteiger partial charge on any atom is -0.497 e. The van der Waals surface area contributed by atoms with Crippen molar-refractivity contribution in [3.63, 3.8) is 0 Å². The second-order valence-electron chi connectivity index (χ2n) is 6.83. The number of aromatic nitrogens is 3. The lowest BCUT2D eigenvalue weighted by molar-refractivity contribution is -0.118. The van der Waals surface area contributed by atoms with Crippen LogP contribution in [0.25, 0.3) is 11.3 Å². The number of carbonyl (C=O) groups excluding carboxylic acids is 1. The molecule has 1 aliphatic rings. The smallest absolute Gasteiger partial charge is 0.247 e. The van der Waals surface area contributed by atoms with E-state index in [0.717, 1.165) is 0 Å². The second-order valence-corrected chi connectivity index (χ2v) is 7.82. The number of ether oxygens (including phenoxy) is 3. The summed E-state index contributed by atoms with van der Waals surface area (Å²) in [4.78, 5) is 19.1. The minimum absolute atomic E-state index is 0.214. The van der Waals surface area contributed by atoms with Gasteiger partial charge >= 0.3 is 0 Å². The van der Waals surface area contributed by atoms with Gasteiger partial charge in [-0.15, -0.1) is 16.8 Å². The number of fused-ring (bicyclic) bond motifs is 3. The van der Waals surface area contributed by atoms with Crippen LogP contribution < -0.4 is 19.1 Å². The average Bonchev–Trinajstić information content (AvgIpc) is 2.96. The van der Waals surface area contributed by atoms with Crippen molar-refractivity contribution in [2.75, 3.05) is 24.9 Å².